The van der Waals surface area contributed by atoms with E-state index in [4.69, 9.17) is 4.74 Å². The van der Waals surface area contributed by atoms with Crippen LogP contribution in [0.5, 0.6) is 5.75 Å². The van der Waals surface area contributed by atoms with Crippen molar-refractivity contribution >= 4 is 16.6 Å². The van der Waals surface area contributed by atoms with E-state index in [2.05, 4.69) is 10.3 Å². The summed E-state index contributed by atoms with van der Waals surface area (Å²) in [6.45, 7) is -0.879. The summed E-state index contributed by atoms with van der Waals surface area (Å²) in [7, 11) is 1.88. The first kappa shape index (κ1) is 16.2. The molecule has 1 heterocycles. The molecule has 0 fully saturated rings. The summed E-state index contributed by atoms with van der Waals surface area (Å²) < 4.78 is 17.6. The van der Waals surface area contributed by atoms with Crippen LogP contribution in [0.4, 0.5) is 10.1 Å². The van der Waals surface area contributed by atoms with Gasteiger partial charge in [0.25, 0.3) is 0 Å². The van der Waals surface area contributed by atoms with E-state index in [0.717, 1.165) is 27.8 Å². The maximum atomic E-state index is 12.3. The molecule has 0 saturated heterocycles. The molecule has 0 aliphatic rings. The van der Waals surface area contributed by atoms with Crippen LogP contribution in [0.25, 0.3) is 22.2 Å². The Hall–Kier alpha value is -2.66. The molecule has 3 aromatic rings. The molecule has 0 radical (unpaired) electrons. The minimum atomic E-state index is -1.10. The summed E-state index contributed by atoms with van der Waals surface area (Å²) in [5.74, 6) is 0.586. The van der Waals surface area contributed by atoms with Crippen molar-refractivity contribution in [1.82, 2.24) is 4.98 Å². The normalized spacial score (nSPS) is 12.1. The van der Waals surface area contributed by atoms with E-state index in [1.807, 2.05) is 55.6 Å². The molecule has 2 aromatic carbocycles. The lowest BCUT2D eigenvalue weighted by Gasteiger charge is -2.10. The van der Waals surface area contributed by atoms with Crippen molar-refractivity contribution in [1.29, 1.82) is 0 Å². The molecular weight excluding hydrogens is 307 g/mol. The van der Waals surface area contributed by atoms with Crippen LogP contribution >= 0.6 is 0 Å². The standard InChI is InChI=1S/C19H19FN2O2/c1-21-15-5-2-13(3-6-15)18-8-4-14-10-17(7-9-19(14)22-18)24-12-16(23)11-20/h2-10,16,21,23H,11-12H2,1H3/t16-/m0/s1. The van der Waals surface area contributed by atoms with Crippen molar-refractivity contribution in [2.24, 2.45) is 0 Å². The summed E-state index contributed by atoms with van der Waals surface area (Å²) in [6, 6.07) is 17.5. The van der Waals surface area contributed by atoms with Crippen molar-refractivity contribution in [3.8, 4) is 17.0 Å². The Balaban J connectivity index is 1.83. The van der Waals surface area contributed by atoms with Crippen LogP contribution < -0.4 is 10.1 Å². The first-order valence-electron chi connectivity index (χ1n) is 7.75. The van der Waals surface area contributed by atoms with Gasteiger partial charge in [-0.25, -0.2) is 9.37 Å². The molecule has 0 aliphatic heterocycles. The third-order valence-corrected chi connectivity index (χ3v) is 3.75. The van der Waals surface area contributed by atoms with Gasteiger partial charge in [0.05, 0.1) is 11.2 Å². The first-order chi connectivity index (χ1) is 11.7. The second-order valence-electron chi connectivity index (χ2n) is 5.50. The minimum absolute atomic E-state index is 0.0642. The molecule has 2 N–H and O–H groups in total. The predicted molar refractivity (Wildman–Crippen MR) is 94.2 cm³/mol. The van der Waals surface area contributed by atoms with Gasteiger partial charge in [-0.2, -0.15) is 0 Å². The van der Waals surface area contributed by atoms with E-state index < -0.39 is 12.8 Å². The predicted octanol–water partition coefficient (Wildman–Crippen LogP) is 3.65. The molecule has 5 heteroatoms. The molecule has 0 saturated carbocycles. The average Bonchev–Trinajstić information content (AvgIpc) is 2.65. The summed E-state index contributed by atoms with van der Waals surface area (Å²) in [4.78, 5) is 4.67. The monoisotopic (exact) mass is 326 g/mol. The lowest BCUT2D eigenvalue weighted by atomic mass is 10.1. The Kier molecular flexibility index (Phi) is 4.91. The third kappa shape index (κ3) is 3.63. The molecule has 0 unspecified atom stereocenters. The zero-order valence-corrected chi connectivity index (χ0v) is 13.4. The van der Waals surface area contributed by atoms with E-state index in [-0.39, 0.29) is 6.61 Å². The van der Waals surface area contributed by atoms with Gasteiger partial charge in [0.1, 0.15) is 25.1 Å². The molecule has 4 nitrogen and oxygen atoms in total. The number of benzene rings is 2. The van der Waals surface area contributed by atoms with E-state index in [0.29, 0.717) is 5.75 Å². The number of anilines is 1. The Labute approximate surface area is 139 Å². The number of nitrogens with one attached hydrogen (secondary N) is 1. The second-order valence-corrected chi connectivity index (χ2v) is 5.50. The number of aromatic nitrogens is 1. The van der Waals surface area contributed by atoms with E-state index in [1.165, 1.54) is 0 Å². The number of fused-ring (bicyclic) bond motifs is 1. The van der Waals surface area contributed by atoms with Gasteiger partial charge in [0.15, 0.2) is 0 Å². The molecule has 3 rings (SSSR count). The van der Waals surface area contributed by atoms with Crippen LogP contribution in [0.1, 0.15) is 0 Å². The Morgan fingerprint density at radius 1 is 1.12 bits per heavy atom. The van der Waals surface area contributed by atoms with Crippen LogP contribution in [-0.4, -0.2) is 36.5 Å². The molecule has 0 aliphatic carbocycles. The van der Waals surface area contributed by atoms with Crippen molar-refractivity contribution in [2.75, 3.05) is 25.6 Å². The third-order valence-electron chi connectivity index (χ3n) is 3.75. The van der Waals surface area contributed by atoms with Gasteiger partial charge in [-0.15, -0.1) is 0 Å². The van der Waals surface area contributed by atoms with Gasteiger partial charge in [-0.1, -0.05) is 18.2 Å². The minimum Gasteiger partial charge on any atom is -0.491 e. The summed E-state index contributed by atoms with van der Waals surface area (Å²) in [5, 5.41) is 13.2. The second kappa shape index (κ2) is 7.27. The Morgan fingerprint density at radius 3 is 2.62 bits per heavy atom. The molecule has 124 valence electrons. The maximum Gasteiger partial charge on any atom is 0.120 e. The van der Waals surface area contributed by atoms with E-state index in [9.17, 15) is 9.50 Å². The van der Waals surface area contributed by atoms with Crippen molar-refractivity contribution in [3.05, 3.63) is 54.6 Å². The molecular formula is C19H19FN2O2. The van der Waals surface area contributed by atoms with Crippen LogP contribution in [0.2, 0.25) is 0 Å². The van der Waals surface area contributed by atoms with Crippen LogP contribution in [0.15, 0.2) is 54.6 Å². The quantitative estimate of drug-likeness (QED) is 0.726. The van der Waals surface area contributed by atoms with E-state index in [1.54, 1.807) is 6.07 Å². The zero-order chi connectivity index (χ0) is 16.9. The SMILES string of the molecule is CNc1ccc(-c2ccc3cc(OC[C@@H](O)CF)ccc3n2)cc1. The van der Waals surface area contributed by atoms with Gasteiger partial charge in [-0.05, 0) is 36.4 Å². The fourth-order valence-electron chi connectivity index (χ4n) is 2.40. The number of pyridine rings is 1. The number of halogens is 1. The van der Waals surface area contributed by atoms with Gasteiger partial charge in [0.2, 0.25) is 0 Å². The van der Waals surface area contributed by atoms with Gasteiger partial charge < -0.3 is 15.2 Å². The molecule has 1 aromatic heterocycles. The number of nitrogens with zero attached hydrogens (tertiary/aromatic N) is 1. The van der Waals surface area contributed by atoms with Gasteiger partial charge in [-0.3, -0.25) is 0 Å². The smallest absolute Gasteiger partial charge is 0.120 e. The molecule has 1 atom stereocenters. The van der Waals surface area contributed by atoms with Gasteiger partial charge >= 0.3 is 0 Å². The fraction of sp³-hybridized carbons (Fsp3) is 0.211. The highest BCUT2D eigenvalue weighted by Crippen LogP contribution is 2.25. The fourth-order valence-corrected chi connectivity index (χ4v) is 2.40. The summed E-state index contributed by atoms with van der Waals surface area (Å²) >= 11 is 0. The highest BCUT2D eigenvalue weighted by molar-refractivity contribution is 5.83. The number of rotatable bonds is 6. The average molecular weight is 326 g/mol. The van der Waals surface area contributed by atoms with Crippen LogP contribution in [0.3, 0.4) is 0 Å². The zero-order valence-electron chi connectivity index (χ0n) is 13.4. The summed E-state index contributed by atoms with van der Waals surface area (Å²) in [6.07, 6.45) is -1.10. The van der Waals surface area contributed by atoms with Crippen molar-refractivity contribution in [3.63, 3.8) is 0 Å². The number of hydrogen-bond donors (Lipinski definition) is 2. The Bertz CT molecular complexity index is 821. The topological polar surface area (TPSA) is 54.4 Å². The number of aliphatic hydroxyl groups is 1. The highest BCUT2D eigenvalue weighted by atomic mass is 19.1. The molecule has 0 bridgehead atoms. The Morgan fingerprint density at radius 2 is 1.92 bits per heavy atom. The van der Waals surface area contributed by atoms with E-state index >= 15 is 0 Å². The largest absolute Gasteiger partial charge is 0.491 e. The lowest BCUT2D eigenvalue weighted by molar-refractivity contribution is 0.0842. The highest BCUT2D eigenvalue weighted by Gasteiger charge is 2.06. The lowest BCUT2D eigenvalue weighted by Crippen LogP contribution is -2.19. The summed E-state index contributed by atoms with van der Waals surface area (Å²) in [5.41, 5.74) is 3.84. The number of aliphatic hydroxyl groups excluding tert-OH is 1. The number of ether oxygens (including phenoxy) is 1. The first-order valence-corrected chi connectivity index (χ1v) is 7.75. The van der Waals surface area contributed by atoms with Crippen LogP contribution in [-0.2, 0) is 0 Å². The number of hydrogen-bond acceptors (Lipinski definition) is 4. The van der Waals surface area contributed by atoms with Crippen LogP contribution in [0, 0.1) is 0 Å². The number of alkyl halides is 1. The molecule has 0 spiro atoms. The maximum absolute atomic E-state index is 12.3. The van der Waals surface area contributed by atoms with Crippen molar-refractivity contribution in [2.45, 2.75) is 6.10 Å². The van der Waals surface area contributed by atoms with Gasteiger partial charge in [0, 0.05) is 23.7 Å². The molecule has 24 heavy (non-hydrogen) atoms. The van der Waals surface area contributed by atoms with Crippen molar-refractivity contribution < 1.29 is 14.2 Å². The molecule has 0 amide bonds.